The Labute approximate surface area is 193 Å². The number of likely N-dealkylation sites (tertiary alicyclic amines) is 1. The zero-order valence-corrected chi connectivity index (χ0v) is 18.5. The van der Waals surface area contributed by atoms with Gasteiger partial charge in [0, 0.05) is 52.0 Å². The van der Waals surface area contributed by atoms with Crippen LogP contribution >= 0.6 is 0 Å². The van der Waals surface area contributed by atoms with Crippen LogP contribution in [0.4, 0.5) is 13.2 Å². The van der Waals surface area contributed by atoms with Gasteiger partial charge in [-0.05, 0) is 35.4 Å². The van der Waals surface area contributed by atoms with Crippen LogP contribution in [-0.4, -0.2) is 56.4 Å². The van der Waals surface area contributed by atoms with Gasteiger partial charge in [-0.15, -0.1) is 13.2 Å². The fourth-order valence-electron chi connectivity index (χ4n) is 4.91. The molecular formula is C23H24F3N5O3. The zero-order valence-electron chi connectivity index (χ0n) is 18.5. The molecule has 1 aromatic carbocycles. The maximum atomic E-state index is 13.2. The van der Waals surface area contributed by atoms with Gasteiger partial charge in [0.1, 0.15) is 17.7 Å². The largest absolute Gasteiger partial charge is 0.573 e. The number of aryl methyl sites for hydroxylation is 1. The van der Waals surface area contributed by atoms with Crippen molar-refractivity contribution < 1.29 is 27.2 Å². The lowest BCUT2D eigenvalue weighted by molar-refractivity contribution is -0.274. The van der Waals surface area contributed by atoms with E-state index in [0.717, 1.165) is 25.3 Å². The number of hydrogen-bond acceptors (Lipinski definition) is 6. The highest BCUT2D eigenvalue weighted by molar-refractivity contribution is 5.92. The number of fused-ring (bicyclic) bond motifs is 1. The quantitative estimate of drug-likeness (QED) is 0.498. The Morgan fingerprint density at radius 3 is 2.71 bits per heavy atom. The van der Waals surface area contributed by atoms with Crippen molar-refractivity contribution in [2.75, 3.05) is 19.6 Å². The smallest absolute Gasteiger partial charge is 0.406 e. The number of piperidine rings is 1. The second kappa shape index (κ2) is 8.79. The predicted molar refractivity (Wildman–Crippen MR) is 113 cm³/mol. The molecule has 1 saturated heterocycles. The van der Waals surface area contributed by atoms with Gasteiger partial charge in [-0.2, -0.15) is 0 Å². The molecule has 34 heavy (non-hydrogen) atoms. The first kappa shape index (κ1) is 22.5. The van der Waals surface area contributed by atoms with Crippen LogP contribution in [-0.2, 0) is 20.1 Å². The van der Waals surface area contributed by atoms with Gasteiger partial charge in [0.05, 0.1) is 12.0 Å². The van der Waals surface area contributed by atoms with Crippen LogP contribution in [0.1, 0.15) is 21.7 Å². The third-order valence-electron chi connectivity index (χ3n) is 6.47. The van der Waals surface area contributed by atoms with E-state index in [4.69, 9.17) is 4.52 Å². The summed E-state index contributed by atoms with van der Waals surface area (Å²) in [6, 6.07) is 7.60. The Bertz CT molecular complexity index is 1130. The van der Waals surface area contributed by atoms with Crippen molar-refractivity contribution in [1.29, 1.82) is 0 Å². The van der Waals surface area contributed by atoms with E-state index in [9.17, 15) is 18.0 Å². The molecule has 3 heterocycles. The van der Waals surface area contributed by atoms with E-state index in [1.54, 1.807) is 41.4 Å². The molecule has 180 valence electrons. The third-order valence-corrected chi connectivity index (χ3v) is 6.47. The summed E-state index contributed by atoms with van der Waals surface area (Å²) >= 11 is 0. The van der Waals surface area contributed by atoms with Crippen LogP contribution in [0.5, 0.6) is 5.75 Å². The minimum absolute atomic E-state index is 0.170. The molecule has 2 atom stereocenters. The molecule has 3 aromatic rings. The molecule has 1 aliphatic carbocycles. The maximum absolute atomic E-state index is 13.2. The second-order valence-corrected chi connectivity index (χ2v) is 8.98. The van der Waals surface area contributed by atoms with E-state index in [1.165, 1.54) is 18.2 Å². The minimum atomic E-state index is -4.77. The Hall–Kier alpha value is -3.34. The van der Waals surface area contributed by atoms with Crippen molar-refractivity contribution >= 4 is 5.91 Å². The molecule has 5 rings (SSSR count). The lowest BCUT2D eigenvalue weighted by atomic mass is 10.1. The number of carbonyl (C=O) groups is 1. The number of aromatic nitrogens is 3. The molecule has 0 radical (unpaired) electrons. The molecule has 2 aliphatic rings. The van der Waals surface area contributed by atoms with Gasteiger partial charge in [-0.3, -0.25) is 9.69 Å². The summed E-state index contributed by atoms with van der Waals surface area (Å²) in [6.45, 7) is 3.26. The Kier molecular flexibility index (Phi) is 5.80. The fourth-order valence-corrected chi connectivity index (χ4v) is 4.91. The highest BCUT2D eigenvalue weighted by atomic mass is 19.4. The SMILES string of the molecule is Cn1cnc(C(=O)N(Cc2cccc(OC(F)(F)F)c2)CC2C3CN(Cc4ccon4)CC32)c1. The minimum Gasteiger partial charge on any atom is -0.406 e. The average Bonchev–Trinajstić information content (AvgIpc) is 3.27. The second-order valence-electron chi connectivity index (χ2n) is 8.98. The standard InChI is InChI=1S/C23H24F3N5O3/c1-29-13-21(27-14-29)22(32)31(8-15-3-2-4-17(7-15)34-23(24,25)26)12-20-18-10-30(11-19(18)20)9-16-5-6-33-28-16/h2-7,13-14,18-20H,8-12H2,1H3. The molecule has 8 nitrogen and oxygen atoms in total. The van der Waals surface area contributed by atoms with E-state index >= 15 is 0 Å². The Balaban J connectivity index is 1.27. The number of nitrogens with zero attached hydrogens (tertiary/aromatic N) is 5. The number of imidazole rings is 1. The molecule has 2 fully saturated rings. The third kappa shape index (κ3) is 5.09. The summed E-state index contributed by atoms with van der Waals surface area (Å²) in [7, 11) is 1.78. The van der Waals surface area contributed by atoms with Crippen LogP contribution in [0, 0.1) is 17.8 Å². The molecule has 11 heteroatoms. The summed E-state index contributed by atoms with van der Waals surface area (Å²) in [4.78, 5) is 21.4. The number of rotatable bonds is 8. The first-order valence-electron chi connectivity index (χ1n) is 11.0. The summed E-state index contributed by atoms with van der Waals surface area (Å²) in [5.41, 5.74) is 1.76. The maximum Gasteiger partial charge on any atom is 0.573 e. The average molecular weight is 475 g/mol. The van der Waals surface area contributed by atoms with Gasteiger partial charge in [-0.1, -0.05) is 17.3 Å². The Morgan fingerprint density at radius 2 is 2.06 bits per heavy atom. The van der Waals surface area contributed by atoms with Gasteiger partial charge in [0.2, 0.25) is 0 Å². The van der Waals surface area contributed by atoms with Crippen molar-refractivity contribution in [2.24, 2.45) is 24.8 Å². The zero-order chi connectivity index (χ0) is 23.9. The molecule has 1 saturated carbocycles. The number of amides is 1. The molecule has 0 spiro atoms. The van der Waals surface area contributed by atoms with Crippen molar-refractivity contribution in [3.63, 3.8) is 0 Å². The van der Waals surface area contributed by atoms with E-state index in [1.807, 2.05) is 6.07 Å². The molecule has 2 unspecified atom stereocenters. The van der Waals surface area contributed by atoms with Gasteiger partial charge < -0.3 is 18.7 Å². The summed E-state index contributed by atoms with van der Waals surface area (Å²) in [6.07, 6.45) is -0.0149. The van der Waals surface area contributed by atoms with Gasteiger partial charge in [0.15, 0.2) is 0 Å². The van der Waals surface area contributed by atoms with Crippen LogP contribution < -0.4 is 4.74 Å². The first-order chi connectivity index (χ1) is 16.2. The Morgan fingerprint density at radius 1 is 1.26 bits per heavy atom. The number of hydrogen-bond donors (Lipinski definition) is 0. The van der Waals surface area contributed by atoms with Crippen molar-refractivity contribution in [1.82, 2.24) is 24.5 Å². The van der Waals surface area contributed by atoms with Crippen LogP contribution in [0.25, 0.3) is 0 Å². The van der Waals surface area contributed by atoms with E-state index in [-0.39, 0.29) is 18.2 Å². The molecule has 2 aromatic heterocycles. The normalized spacial score (nSPS) is 21.9. The molecule has 0 bridgehead atoms. The van der Waals surface area contributed by atoms with Crippen molar-refractivity contribution in [3.05, 3.63) is 66.1 Å². The van der Waals surface area contributed by atoms with E-state index in [0.29, 0.717) is 35.6 Å². The van der Waals surface area contributed by atoms with Gasteiger partial charge in [0.25, 0.3) is 5.91 Å². The topological polar surface area (TPSA) is 76.6 Å². The van der Waals surface area contributed by atoms with Crippen LogP contribution in [0.15, 0.2) is 53.6 Å². The lowest BCUT2D eigenvalue weighted by Gasteiger charge is -2.25. The molecule has 0 N–H and O–H groups in total. The number of benzene rings is 1. The fraction of sp³-hybridized carbons (Fsp3) is 0.435. The highest BCUT2D eigenvalue weighted by Gasteiger charge is 2.56. The van der Waals surface area contributed by atoms with Crippen LogP contribution in [0.3, 0.4) is 0 Å². The van der Waals surface area contributed by atoms with E-state index in [2.05, 4.69) is 19.8 Å². The molecule has 1 aliphatic heterocycles. The number of carbonyl (C=O) groups excluding carboxylic acids is 1. The molecular weight excluding hydrogens is 451 g/mol. The van der Waals surface area contributed by atoms with Gasteiger partial charge in [-0.25, -0.2) is 4.98 Å². The summed E-state index contributed by atoms with van der Waals surface area (Å²) in [5, 5.41) is 3.96. The number of ether oxygens (including phenoxy) is 1. The number of halogens is 3. The van der Waals surface area contributed by atoms with Crippen LogP contribution in [0.2, 0.25) is 0 Å². The summed E-state index contributed by atoms with van der Waals surface area (Å²) in [5.74, 6) is 0.752. The van der Waals surface area contributed by atoms with Crippen molar-refractivity contribution in [3.8, 4) is 5.75 Å². The monoisotopic (exact) mass is 475 g/mol. The highest BCUT2D eigenvalue weighted by Crippen LogP contribution is 2.52. The van der Waals surface area contributed by atoms with Crippen molar-refractivity contribution in [2.45, 2.75) is 19.5 Å². The van der Waals surface area contributed by atoms with Gasteiger partial charge >= 0.3 is 6.36 Å². The number of alkyl halides is 3. The first-order valence-corrected chi connectivity index (χ1v) is 11.0. The lowest BCUT2D eigenvalue weighted by Crippen LogP contribution is -2.35. The molecule has 1 amide bonds. The summed E-state index contributed by atoms with van der Waals surface area (Å²) < 4.78 is 48.6. The van der Waals surface area contributed by atoms with E-state index < -0.39 is 6.36 Å². The predicted octanol–water partition coefficient (Wildman–Crippen LogP) is 3.33.